The Hall–Kier alpha value is -0.830. The number of hydrogen-bond acceptors (Lipinski definition) is 2. The minimum Gasteiger partial charge on any atom is -0.323 e. The average molecular weight is 165 g/mol. The molecule has 1 aromatic rings. The van der Waals surface area contributed by atoms with E-state index in [0.29, 0.717) is 0 Å². The Morgan fingerprint density at radius 3 is 3.00 bits per heavy atom. The molecular weight excluding hydrogens is 150 g/mol. The molecular formula is C9H15N3. The van der Waals surface area contributed by atoms with Crippen molar-refractivity contribution in [1.82, 2.24) is 10.2 Å². The van der Waals surface area contributed by atoms with E-state index < -0.39 is 0 Å². The topological polar surface area (TPSA) is 54.7 Å². The Balaban J connectivity index is 1.97. The van der Waals surface area contributed by atoms with Crippen molar-refractivity contribution in [2.75, 3.05) is 0 Å². The third-order valence-electron chi connectivity index (χ3n) is 2.39. The van der Waals surface area contributed by atoms with Gasteiger partial charge < -0.3 is 5.73 Å². The zero-order chi connectivity index (χ0) is 8.55. The summed E-state index contributed by atoms with van der Waals surface area (Å²) in [5.41, 5.74) is 8.07. The van der Waals surface area contributed by atoms with Gasteiger partial charge in [-0.3, -0.25) is 5.10 Å². The van der Waals surface area contributed by atoms with Gasteiger partial charge in [-0.1, -0.05) is 12.8 Å². The van der Waals surface area contributed by atoms with E-state index in [1.54, 1.807) is 0 Å². The van der Waals surface area contributed by atoms with E-state index in [0.717, 1.165) is 23.7 Å². The number of nitrogens with zero attached hydrogens (tertiary/aromatic N) is 1. The molecule has 0 aliphatic heterocycles. The summed E-state index contributed by atoms with van der Waals surface area (Å²) in [5, 5.41) is 7.06. The van der Waals surface area contributed by atoms with Crippen molar-refractivity contribution in [2.24, 2.45) is 11.7 Å². The van der Waals surface area contributed by atoms with E-state index in [9.17, 15) is 0 Å². The van der Waals surface area contributed by atoms with Gasteiger partial charge in [-0.05, 0) is 25.3 Å². The lowest BCUT2D eigenvalue weighted by molar-refractivity contribution is 0.582. The van der Waals surface area contributed by atoms with Crippen LogP contribution in [0.25, 0.3) is 0 Å². The van der Waals surface area contributed by atoms with Gasteiger partial charge in [0.15, 0.2) is 0 Å². The van der Waals surface area contributed by atoms with Gasteiger partial charge in [0.2, 0.25) is 0 Å². The van der Waals surface area contributed by atoms with Crippen molar-refractivity contribution in [1.29, 1.82) is 0 Å². The number of aromatic amines is 1. The van der Waals surface area contributed by atoms with Crippen LogP contribution in [0, 0.1) is 12.8 Å². The first kappa shape index (κ1) is 7.80. The molecule has 0 radical (unpaired) electrons. The van der Waals surface area contributed by atoms with E-state index in [2.05, 4.69) is 10.2 Å². The normalized spacial score (nSPS) is 19.5. The molecule has 1 aliphatic rings. The molecule has 0 aromatic carbocycles. The second-order valence-corrected chi connectivity index (χ2v) is 3.76. The van der Waals surface area contributed by atoms with E-state index >= 15 is 0 Å². The number of aromatic nitrogens is 2. The molecule has 0 spiro atoms. The Kier molecular flexibility index (Phi) is 1.89. The van der Waals surface area contributed by atoms with Gasteiger partial charge in [-0.2, -0.15) is 5.10 Å². The third-order valence-corrected chi connectivity index (χ3v) is 2.39. The van der Waals surface area contributed by atoms with Gasteiger partial charge in [0.25, 0.3) is 0 Å². The summed E-state index contributed by atoms with van der Waals surface area (Å²) in [4.78, 5) is 0. The minimum absolute atomic E-state index is 0.141. The van der Waals surface area contributed by atoms with Crippen molar-refractivity contribution in [3.8, 4) is 0 Å². The zero-order valence-electron chi connectivity index (χ0n) is 7.38. The number of hydrogen-bond donors (Lipinski definition) is 2. The molecule has 1 saturated carbocycles. The van der Waals surface area contributed by atoms with Gasteiger partial charge >= 0.3 is 0 Å². The summed E-state index contributed by atoms with van der Waals surface area (Å²) in [5.74, 6) is 0.872. The lowest BCUT2D eigenvalue weighted by Crippen LogP contribution is -2.11. The predicted molar refractivity (Wildman–Crippen MR) is 47.6 cm³/mol. The van der Waals surface area contributed by atoms with Crippen LogP contribution in [0.2, 0.25) is 0 Å². The zero-order valence-corrected chi connectivity index (χ0v) is 7.38. The van der Waals surface area contributed by atoms with Crippen LogP contribution in [0.3, 0.4) is 0 Å². The van der Waals surface area contributed by atoms with Gasteiger partial charge in [0.05, 0.1) is 5.69 Å². The Labute approximate surface area is 72.4 Å². The van der Waals surface area contributed by atoms with Crippen LogP contribution in [0.1, 0.15) is 36.7 Å². The summed E-state index contributed by atoms with van der Waals surface area (Å²) < 4.78 is 0. The van der Waals surface area contributed by atoms with Gasteiger partial charge in [0.1, 0.15) is 0 Å². The molecule has 3 N–H and O–H groups in total. The van der Waals surface area contributed by atoms with Crippen molar-refractivity contribution in [2.45, 2.75) is 32.2 Å². The first-order valence-corrected chi connectivity index (χ1v) is 4.53. The van der Waals surface area contributed by atoms with Crippen molar-refractivity contribution in [3.63, 3.8) is 0 Å². The summed E-state index contributed by atoms with van der Waals surface area (Å²) in [7, 11) is 0. The van der Waals surface area contributed by atoms with Gasteiger partial charge in [-0.15, -0.1) is 0 Å². The van der Waals surface area contributed by atoms with Crippen LogP contribution in [0.4, 0.5) is 0 Å². The van der Waals surface area contributed by atoms with Crippen LogP contribution in [-0.2, 0) is 0 Å². The lowest BCUT2D eigenvalue weighted by atomic mass is 10.1. The monoisotopic (exact) mass is 165 g/mol. The van der Waals surface area contributed by atoms with Crippen LogP contribution in [0.15, 0.2) is 6.07 Å². The highest BCUT2D eigenvalue weighted by Crippen LogP contribution is 2.36. The van der Waals surface area contributed by atoms with Crippen molar-refractivity contribution < 1.29 is 0 Å². The first-order chi connectivity index (χ1) is 5.75. The lowest BCUT2D eigenvalue weighted by Gasteiger charge is -2.05. The van der Waals surface area contributed by atoms with Crippen molar-refractivity contribution in [3.05, 3.63) is 17.5 Å². The predicted octanol–water partition coefficient (Wildman–Crippen LogP) is 1.52. The van der Waals surface area contributed by atoms with Crippen LogP contribution in [0.5, 0.6) is 0 Å². The third kappa shape index (κ3) is 1.67. The fourth-order valence-corrected chi connectivity index (χ4v) is 1.46. The average Bonchev–Trinajstić information content (AvgIpc) is 2.72. The molecule has 3 heteroatoms. The van der Waals surface area contributed by atoms with Crippen LogP contribution >= 0.6 is 0 Å². The van der Waals surface area contributed by atoms with Gasteiger partial charge in [0, 0.05) is 11.7 Å². The highest BCUT2D eigenvalue weighted by molar-refractivity contribution is 5.11. The quantitative estimate of drug-likeness (QED) is 0.713. The van der Waals surface area contributed by atoms with Crippen LogP contribution in [-0.4, -0.2) is 10.2 Å². The Bertz CT molecular complexity index is 262. The largest absolute Gasteiger partial charge is 0.323 e. The first-order valence-electron chi connectivity index (χ1n) is 4.53. The van der Waals surface area contributed by atoms with Gasteiger partial charge in [-0.25, -0.2) is 0 Å². The molecule has 3 nitrogen and oxygen atoms in total. The number of nitrogens with one attached hydrogen (secondary N) is 1. The molecule has 0 bridgehead atoms. The second kappa shape index (κ2) is 2.90. The molecule has 66 valence electrons. The molecule has 1 unspecified atom stereocenters. The number of aryl methyl sites for hydroxylation is 1. The fraction of sp³-hybridized carbons (Fsp3) is 0.667. The highest BCUT2D eigenvalue weighted by Gasteiger charge is 2.25. The Morgan fingerprint density at radius 2 is 2.50 bits per heavy atom. The molecule has 0 amide bonds. The van der Waals surface area contributed by atoms with E-state index in [1.165, 1.54) is 12.8 Å². The standard InChI is InChI=1S/C9H15N3/c1-6-4-9(12-11-6)8(10)5-7-2-3-7/h4,7-8H,2-3,5,10H2,1H3,(H,11,12). The maximum atomic E-state index is 5.97. The summed E-state index contributed by atoms with van der Waals surface area (Å²) in [6, 6.07) is 2.18. The van der Waals surface area contributed by atoms with E-state index in [1.807, 2.05) is 13.0 Å². The van der Waals surface area contributed by atoms with Crippen molar-refractivity contribution >= 4 is 0 Å². The SMILES string of the molecule is Cc1cc(C(N)CC2CC2)n[nH]1. The van der Waals surface area contributed by atoms with Crippen LogP contribution < -0.4 is 5.73 Å². The molecule has 1 aromatic heterocycles. The summed E-state index contributed by atoms with van der Waals surface area (Å²) >= 11 is 0. The molecule has 1 aliphatic carbocycles. The molecule has 1 atom stereocenters. The summed E-state index contributed by atoms with van der Waals surface area (Å²) in [6.07, 6.45) is 3.82. The smallest absolute Gasteiger partial charge is 0.0792 e. The van der Waals surface area contributed by atoms with E-state index in [4.69, 9.17) is 5.73 Å². The highest BCUT2D eigenvalue weighted by atomic mass is 15.1. The number of nitrogens with two attached hydrogens (primary N) is 1. The Morgan fingerprint density at radius 1 is 1.75 bits per heavy atom. The molecule has 0 saturated heterocycles. The number of rotatable bonds is 3. The summed E-state index contributed by atoms with van der Waals surface area (Å²) in [6.45, 7) is 2.00. The fourth-order valence-electron chi connectivity index (χ4n) is 1.46. The maximum Gasteiger partial charge on any atom is 0.0792 e. The molecule has 12 heavy (non-hydrogen) atoms. The molecule has 1 heterocycles. The second-order valence-electron chi connectivity index (χ2n) is 3.76. The maximum absolute atomic E-state index is 5.97. The number of H-pyrrole nitrogens is 1. The molecule has 2 rings (SSSR count). The minimum atomic E-state index is 0.141. The van der Waals surface area contributed by atoms with E-state index in [-0.39, 0.29) is 6.04 Å². The molecule has 1 fully saturated rings.